The van der Waals surface area contributed by atoms with Crippen molar-refractivity contribution in [1.82, 2.24) is 5.16 Å². The number of halogens is 1. The number of benzene rings is 2. The summed E-state index contributed by atoms with van der Waals surface area (Å²) in [6, 6.07) is 14.4. The highest BCUT2D eigenvalue weighted by atomic mass is 35.5. The number of carbonyl (C=O) groups excluding carboxylic acids is 1. The van der Waals surface area contributed by atoms with Crippen LogP contribution in [0, 0.1) is 10.1 Å². The molecule has 0 aliphatic rings. The van der Waals surface area contributed by atoms with Gasteiger partial charge in [-0.1, -0.05) is 22.8 Å². The van der Waals surface area contributed by atoms with E-state index in [4.69, 9.17) is 16.1 Å². The summed E-state index contributed by atoms with van der Waals surface area (Å²) in [5, 5.41) is 17.8. The molecule has 1 heterocycles. The van der Waals surface area contributed by atoms with Gasteiger partial charge in [-0.25, -0.2) is 0 Å². The highest BCUT2D eigenvalue weighted by Crippen LogP contribution is 2.23. The summed E-state index contributed by atoms with van der Waals surface area (Å²) in [4.78, 5) is 22.3. The van der Waals surface area contributed by atoms with Gasteiger partial charge in [0.15, 0.2) is 5.76 Å². The minimum Gasteiger partial charge on any atom is -0.356 e. The molecule has 0 saturated heterocycles. The van der Waals surface area contributed by atoms with Crippen molar-refractivity contribution in [2.45, 2.75) is 6.42 Å². The van der Waals surface area contributed by atoms with E-state index in [1.165, 1.54) is 18.2 Å². The summed E-state index contributed by atoms with van der Waals surface area (Å²) in [5.74, 6) is 0.172. The number of nitrogens with zero attached hydrogens (tertiary/aromatic N) is 2. The van der Waals surface area contributed by atoms with Crippen LogP contribution in [-0.2, 0) is 11.2 Å². The van der Waals surface area contributed by atoms with Crippen LogP contribution < -0.4 is 5.32 Å². The van der Waals surface area contributed by atoms with Gasteiger partial charge in [-0.15, -0.1) is 0 Å². The maximum atomic E-state index is 12.1. The fourth-order valence-corrected chi connectivity index (χ4v) is 2.34. The smallest absolute Gasteiger partial charge is 0.271 e. The first kappa shape index (κ1) is 16.7. The lowest BCUT2D eigenvalue weighted by Gasteiger charge is -2.03. The van der Waals surface area contributed by atoms with E-state index in [1.54, 1.807) is 36.4 Å². The van der Waals surface area contributed by atoms with E-state index in [-0.39, 0.29) is 18.0 Å². The number of rotatable bonds is 5. The average Bonchev–Trinajstić information content (AvgIpc) is 3.04. The third kappa shape index (κ3) is 4.21. The molecule has 1 N–H and O–H groups in total. The third-order valence-corrected chi connectivity index (χ3v) is 3.62. The predicted octanol–water partition coefficient (Wildman–Crippen LogP) is 4.08. The number of hydrogen-bond acceptors (Lipinski definition) is 5. The number of amides is 1. The van der Waals surface area contributed by atoms with E-state index < -0.39 is 4.92 Å². The first-order valence-electron chi connectivity index (χ1n) is 7.27. The second kappa shape index (κ2) is 7.14. The average molecular weight is 358 g/mol. The number of nitro groups is 1. The SMILES string of the molecule is O=C(Cc1cc(-c2ccc(Cl)cc2)on1)Nc1cccc([N+](=O)[O-])c1. The second-order valence-corrected chi connectivity index (χ2v) is 5.66. The van der Waals surface area contributed by atoms with Crippen LogP contribution in [0.1, 0.15) is 5.69 Å². The Morgan fingerprint density at radius 1 is 1.20 bits per heavy atom. The zero-order valence-electron chi connectivity index (χ0n) is 12.8. The van der Waals surface area contributed by atoms with Crippen LogP contribution in [0.4, 0.5) is 11.4 Å². The van der Waals surface area contributed by atoms with Gasteiger partial charge < -0.3 is 9.84 Å². The molecule has 8 heteroatoms. The molecule has 0 aliphatic heterocycles. The Labute approximate surface area is 147 Å². The largest absolute Gasteiger partial charge is 0.356 e. The molecule has 3 aromatic rings. The molecule has 1 amide bonds. The van der Waals surface area contributed by atoms with Crippen LogP contribution in [0.25, 0.3) is 11.3 Å². The molecule has 0 fully saturated rings. The van der Waals surface area contributed by atoms with Crippen molar-refractivity contribution in [3.05, 3.63) is 75.4 Å². The van der Waals surface area contributed by atoms with Gasteiger partial charge in [0.2, 0.25) is 5.91 Å². The van der Waals surface area contributed by atoms with E-state index in [9.17, 15) is 14.9 Å². The van der Waals surface area contributed by atoms with Crippen molar-refractivity contribution in [2.75, 3.05) is 5.32 Å². The van der Waals surface area contributed by atoms with E-state index in [2.05, 4.69) is 10.5 Å². The van der Waals surface area contributed by atoms with Crippen molar-refractivity contribution >= 4 is 28.9 Å². The molecule has 1 aromatic heterocycles. The molecule has 2 aromatic carbocycles. The van der Waals surface area contributed by atoms with Gasteiger partial charge in [-0.05, 0) is 30.3 Å². The monoisotopic (exact) mass is 357 g/mol. The van der Waals surface area contributed by atoms with Gasteiger partial charge in [0.1, 0.15) is 0 Å². The number of aromatic nitrogens is 1. The van der Waals surface area contributed by atoms with Crippen LogP contribution in [0.3, 0.4) is 0 Å². The zero-order valence-corrected chi connectivity index (χ0v) is 13.6. The number of nitro benzene ring substituents is 1. The summed E-state index contributed by atoms with van der Waals surface area (Å²) >= 11 is 5.84. The third-order valence-electron chi connectivity index (χ3n) is 3.37. The normalized spacial score (nSPS) is 10.4. The van der Waals surface area contributed by atoms with Crippen molar-refractivity contribution in [2.24, 2.45) is 0 Å². The minimum atomic E-state index is -0.522. The van der Waals surface area contributed by atoms with Crippen molar-refractivity contribution in [3.8, 4) is 11.3 Å². The van der Waals surface area contributed by atoms with Gasteiger partial charge in [-0.2, -0.15) is 0 Å². The predicted molar refractivity (Wildman–Crippen MR) is 92.4 cm³/mol. The maximum absolute atomic E-state index is 12.1. The minimum absolute atomic E-state index is 0.0141. The van der Waals surface area contributed by atoms with Crippen LogP contribution in [0.5, 0.6) is 0 Å². The molecular weight excluding hydrogens is 346 g/mol. The van der Waals surface area contributed by atoms with E-state index >= 15 is 0 Å². The topological polar surface area (TPSA) is 98.3 Å². The highest BCUT2D eigenvalue weighted by Gasteiger charge is 2.12. The van der Waals surface area contributed by atoms with Crippen molar-refractivity contribution < 1.29 is 14.2 Å². The maximum Gasteiger partial charge on any atom is 0.271 e. The molecule has 0 spiro atoms. The second-order valence-electron chi connectivity index (χ2n) is 5.22. The Bertz CT molecular complexity index is 922. The molecule has 25 heavy (non-hydrogen) atoms. The molecule has 0 aliphatic carbocycles. The lowest BCUT2D eigenvalue weighted by atomic mass is 10.1. The fourth-order valence-electron chi connectivity index (χ4n) is 2.21. The van der Waals surface area contributed by atoms with Crippen LogP contribution in [0.2, 0.25) is 5.02 Å². The summed E-state index contributed by atoms with van der Waals surface area (Å²) in [7, 11) is 0. The van der Waals surface area contributed by atoms with Gasteiger partial charge >= 0.3 is 0 Å². The van der Waals surface area contributed by atoms with Crippen molar-refractivity contribution in [3.63, 3.8) is 0 Å². The molecule has 3 rings (SSSR count). The summed E-state index contributed by atoms with van der Waals surface area (Å²) < 4.78 is 5.23. The Hall–Kier alpha value is -3.19. The van der Waals surface area contributed by atoms with Gasteiger partial charge in [-0.3, -0.25) is 14.9 Å². The Balaban J connectivity index is 1.66. The lowest BCUT2D eigenvalue weighted by Crippen LogP contribution is -2.14. The molecular formula is C17H12ClN3O4. The van der Waals surface area contributed by atoms with Crippen molar-refractivity contribution in [1.29, 1.82) is 0 Å². The fraction of sp³-hybridized carbons (Fsp3) is 0.0588. The summed E-state index contributed by atoms with van der Waals surface area (Å²) in [6.07, 6.45) is -0.0141. The van der Waals surface area contributed by atoms with E-state index in [0.29, 0.717) is 22.2 Å². The standard InChI is InChI=1S/C17H12ClN3O4/c18-12-6-4-11(5-7-12)16-9-14(20-25-16)10-17(22)19-13-2-1-3-15(8-13)21(23)24/h1-9H,10H2,(H,19,22). The first-order chi connectivity index (χ1) is 12.0. The van der Waals surface area contributed by atoms with E-state index in [0.717, 1.165) is 5.56 Å². The summed E-state index contributed by atoms with van der Waals surface area (Å²) in [5.41, 5.74) is 1.50. The van der Waals surface area contributed by atoms with E-state index in [1.807, 2.05) is 0 Å². The number of carbonyl (C=O) groups is 1. The van der Waals surface area contributed by atoms with Gasteiger partial charge in [0.25, 0.3) is 5.69 Å². The Kier molecular flexibility index (Phi) is 4.76. The number of nitrogens with one attached hydrogen (secondary N) is 1. The Morgan fingerprint density at radius 2 is 1.96 bits per heavy atom. The van der Waals surface area contributed by atoms with Gasteiger partial charge in [0, 0.05) is 34.5 Å². The lowest BCUT2D eigenvalue weighted by molar-refractivity contribution is -0.384. The number of hydrogen-bond donors (Lipinski definition) is 1. The quantitative estimate of drug-likeness (QED) is 0.548. The van der Waals surface area contributed by atoms with Crippen LogP contribution in [-0.4, -0.2) is 16.0 Å². The van der Waals surface area contributed by atoms with Crippen LogP contribution in [0.15, 0.2) is 59.1 Å². The highest BCUT2D eigenvalue weighted by molar-refractivity contribution is 6.30. The molecule has 0 bridgehead atoms. The van der Waals surface area contributed by atoms with Crippen LogP contribution >= 0.6 is 11.6 Å². The van der Waals surface area contributed by atoms with Gasteiger partial charge in [0.05, 0.1) is 17.0 Å². The zero-order chi connectivity index (χ0) is 17.8. The molecule has 0 radical (unpaired) electrons. The number of non-ortho nitro benzene ring substituents is 1. The molecule has 0 unspecified atom stereocenters. The molecule has 0 saturated carbocycles. The molecule has 7 nitrogen and oxygen atoms in total. The number of anilines is 1. The summed E-state index contributed by atoms with van der Waals surface area (Å²) in [6.45, 7) is 0. The molecule has 0 atom stereocenters. The first-order valence-corrected chi connectivity index (χ1v) is 7.65. The molecule has 126 valence electrons. The Morgan fingerprint density at radius 3 is 2.68 bits per heavy atom.